The molecule has 1 amide bonds. The summed E-state index contributed by atoms with van der Waals surface area (Å²) in [6.07, 6.45) is 4.15. The molecule has 1 unspecified atom stereocenters. The summed E-state index contributed by atoms with van der Waals surface area (Å²) in [5.74, 6) is 2.51. The average Bonchev–Trinajstić information content (AvgIpc) is 3.17. The predicted octanol–water partition coefficient (Wildman–Crippen LogP) is 8.61. The van der Waals surface area contributed by atoms with E-state index in [1.165, 1.54) is 21.6 Å². The van der Waals surface area contributed by atoms with E-state index in [1.807, 2.05) is 23.9 Å². The summed E-state index contributed by atoms with van der Waals surface area (Å²) in [4.78, 5) is 17.1. The largest absolute Gasteiger partial charge is 0.490 e. The van der Waals surface area contributed by atoms with Gasteiger partial charge in [0.1, 0.15) is 11.9 Å². The van der Waals surface area contributed by atoms with Gasteiger partial charge in [-0.25, -0.2) is 0 Å². The van der Waals surface area contributed by atoms with E-state index in [1.54, 1.807) is 0 Å². The van der Waals surface area contributed by atoms with Crippen LogP contribution in [0.15, 0.2) is 77.7 Å². The van der Waals surface area contributed by atoms with E-state index in [4.69, 9.17) is 4.74 Å². The van der Waals surface area contributed by atoms with Crippen molar-refractivity contribution in [1.29, 1.82) is 0 Å². The highest BCUT2D eigenvalue weighted by Crippen LogP contribution is 2.39. The van der Waals surface area contributed by atoms with E-state index in [0.29, 0.717) is 5.92 Å². The minimum atomic E-state index is 0.121. The molecule has 5 rings (SSSR count). The Labute approximate surface area is 233 Å². The third-order valence-corrected chi connectivity index (χ3v) is 9.19. The van der Waals surface area contributed by atoms with E-state index in [2.05, 4.69) is 100 Å². The number of amides is 1. The van der Waals surface area contributed by atoms with Crippen molar-refractivity contribution in [1.82, 2.24) is 4.90 Å². The summed E-state index contributed by atoms with van der Waals surface area (Å²) in [5.41, 5.74) is 4.81. The summed E-state index contributed by atoms with van der Waals surface area (Å²) in [5, 5.41) is 0. The van der Waals surface area contributed by atoms with Gasteiger partial charge in [0, 0.05) is 41.1 Å². The van der Waals surface area contributed by atoms with Gasteiger partial charge in [-0.15, -0.1) is 11.8 Å². The summed E-state index contributed by atoms with van der Waals surface area (Å²) < 4.78 is 6.53. The van der Waals surface area contributed by atoms with Gasteiger partial charge in [-0.05, 0) is 65.1 Å². The van der Waals surface area contributed by atoms with Crippen LogP contribution in [0.3, 0.4) is 0 Å². The standard InChI is InChI=1S/C34H41NO2S/c1-23(2)29-10-6-8-12-31(29)37-28-20-26-18-19-27(21-28)35(26)33(36)25-16-14-24(15-17-25)22-38-32-13-9-7-11-30(32)34(3,4)5/h6-17,23,26-28H,18-22H2,1-5H3/t26-,27+,28?. The fourth-order valence-corrected chi connectivity index (χ4v) is 7.28. The van der Waals surface area contributed by atoms with Crippen LogP contribution in [0, 0.1) is 0 Å². The second kappa shape index (κ2) is 11.2. The molecule has 2 aliphatic rings. The Hall–Kier alpha value is -2.72. The maximum absolute atomic E-state index is 13.6. The van der Waals surface area contributed by atoms with E-state index in [0.717, 1.165) is 42.7 Å². The SMILES string of the molecule is CC(C)c1ccccc1OC1C[C@H]2CC[C@@H](C1)N2C(=O)c1ccc(CSc2ccccc2C(C)(C)C)cc1. The van der Waals surface area contributed by atoms with Crippen LogP contribution in [-0.4, -0.2) is 29.0 Å². The van der Waals surface area contributed by atoms with Gasteiger partial charge in [-0.1, -0.05) is 83.1 Å². The van der Waals surface area contributed by atoms with Crippen LogP contribution >= 0.6 is 11.8 Å². The molecule has 0 aromatic heterocycles. The van der Waals surface area contributed by atoms with E-state index >= 15 is 0 Å². The lowest BCUT2D eigenvalue weighted by Gasteiger charge is -2.39. The van der Waals surface area contributed by atoms with Crippen molar-refractivity contribution in [2.24, 2.45) is 0 Å². The van der Waals surface area contributed by atoms with Crippen molar-refractivity contribution < 1.29 is 9.53 Å². The van der Waals surface area contributed by atoms with Crippen LogP contribution in [0.2, 0.25) is 0 Å². The Balaban J connectivity index is 1.21. The third-order valence-electron chi connectivity index (χ3n) is 8.05. The zero-order valence-corrected chi connectivity index (χ0v) is 24.3. The number of piperidine rings is 1. The molecule has 0 aliphatic carbocycles. The zero-order chi connectivity index (χ0) is 26.9. The molecule has 4 heteroatoms. The van der Waals surface area contributed by atoms with Crippen molar-refractivity contribution in [2.75, 3.05) is 0 Å². The first-order chi connectivity index (χ1) is 18.2. The van der Waals surface area contributed by atoms with Crippen LogP contribution in [0.4, 0.5) is 0 Å². The molecule has 3 aromatic carbocycles. The maximum Gasteiger partial charge on any atom is 0.254 e. The van der Waals surface area contributed by atoms with Gasteiger partial charge in [-0.3, -0.25) is 4.79 Å². The number of para-hydroxylation sites is 1. The van der Waals surface area contributed by atoms with Crippen LogP contribution in [0.1, 0.15) is 93.3 Å². The number of thioether (sulfide) groups is 1. The number of rotatable bonds is 7. The first-order valence-corrected chi connectivity index (χ1v) is 15.1. The lowest BCUT2D eigenvalue weighted by Crippen LogP contribution is -2.49. The molecule has 0 N–H and O–H groups in total. The Morgan fingerprint density at radius 2 is 1.55 bits per heavy atom. The van der Waals surface area contributed by atoms with Crippen molar-refractivity contribution in [3.8, 4) is 5.75 Å². The van der Waals surface area contributed by atoms with Crippen molar-refractivity contribution in [2.45, 2.75) is 100 Å². The Kier molecular flexibility index (Phi) is 7.90. The molecule has 2 saturated heterocycles. The summed E-state index contributed by atoms with van der Waals surface area (Å²) in [6, 6.07) is 25.9. The van der Waals surface area contributed by atoms with Crippen molar-refractivity contribution >= 4 is 17.7 Å². The van der Waals surface area contributed by atoms with Crippen molar-refractivity contribution in [3.63, 3.8) is 0 Å². The molecule has 0 saturated carbocycles. The second-order valence-corrected chi connectivity index (χ2v) is 13.3. The number of fused-ring (bicyclic) bond motifs is 2. The lowest BCUT2D eigenvalue weighted by atomic mass is 9.87. The topological polar surface area (TPSA) is 29.5 Å². The monoisotopic (exact) mass is 527 g/mol. The zero-order valence-electron chi connectivity index (χ0n) is 23.4. The fraction of sp³-hybridized carbons (Fsp3) is 0.441. The molecule has 2 bridgehead atoms. The summed E-state index contributed by atoms with van der Waals surface area (Å²) >= 11 is 1.87. The molecule has 3 atom stereocenters. The Morgan fingerprint density at radius 3 is 2.21 bits per heavy atom. The quantitative estimate of drug-likeness (QED) is 0.288. The molecule has 2 heterocycles. The molecule has 200 valence electrons. The number of carbonyl (C=O) groups excluding carboxylic acids is 1. The van der Waals surface area contributed by atoms with E-state index in [9.17, 15) is 4.79 Å². The van der Waals surface area contributed by atoms with Crippen LogP contribution in [0.5, 0.6) is 5.75 Å². The number of hydrogen-bond donors (Lipinski definition) is 0. The molecular formula is C34H41NO2S. The molecule has 2 fully saturated rings. The van der Waals surface area contributed by atoms with Gasteiger partial charge in [0.25, 0.3) is 5.91 Å². The Bertz CT molecular complexity index is 1250. The minimum absolute atomic E-state index is 0.121. The van der Waals surface area contributed by atoms with Gasteiger partial charge >= 0.3 is 0 Å². The number of carbonyl (C=O) groups is 1. The molecule has 3 nitrogen and oxygen atoms in total. The fourth-order valence-electron chi connectivity index (χ4n) is 6.07. The van der Waals surface area contributed by atoms with E-state index in [-0.39, 0.29) is 29.5 Å². The minimum Gasteiger partial charge on any atom is -0.490 e. The third kappa shape index (κ3) is 5.81. The van der Waals surface area contributed by atoms with Crippen molar-refractivity contribution in [3.05, 3.63) is 95.1 Å². The molecule has 3 aromatic rings. The normalized spacial score (nSPS) is 21.1. The number of benzene rings is 3. The number of nitrogens with zero attached hydrogens (tertiary/aromatic N) is 1. The molecule has 0 spiro atoms. The van der Waals surface area contributed by atoms with E-state index < -0.39 is 0 Å². The van der Waals surface area contributed by atoms with Crippen LogP contribution < -0.4 is 4.74 Å². The van der Waals surface area contributed by atoms with Gasteiger partial charge in [0.05, 0.1) is 0 Å². The van der Waals surface area contributed by atoms with Gasteiger partial charge in [-0.2, -0.15) is 0 Å². The highest BCUT2D eigenvalue weighted by atomic mass is 32.2. The van der Waals surface area contributed by atoms with Gasteiger partial charge in [0.15, 0.2) is 0 Å². The first-order valence-electron chi connectivity index (χ1n) is 14.1. The molecule has 38 heavy (non-hydrogen) atoms. The maximum atomic E-state index is 13.6. The van der Waals surface area contributed by atoms with Gasteiger partial charge < -0.3 is 9.64 Å². The molecular weight excluding hydrogens is 486 g/mol. The molecule has 2 aliphatic heterocycles. The highest BCUT2D eigenvalue weighted by molar-refractivity contribution is 7.98. The van der Waals surface area contributed by atoms with Crippen LogP contribution in [-0.2, 0) is 11.2 Å². The predicted molar refractivity (Wildman–Crippen MR) is 158 cm³/mol. The smallest absolute Gasteiger partial charge is 0.254 e. The number of hydrogen-bond acceptors (Lipinski definition) is 3. The first kappa shape index (κ1) is 26.9. The van der Waals surface area contributed by atoms with Crippen LogP contribution in [0.25, 0.3) is 0 Å². The summed E-state index contributed by atoms with van der Waals surface area (Å²) in [6.45, 7) is 11.2. The summed E-state index contributed by atoms with van der Waals surface area (Å²) in [7, 11) is 0. The van der Waals surface area contributed by atoms with Gasteiger partial charge in [0.2, 0.25) is 0 Å². The highest BCUT2D eigenvalue weighted by Gasteiger charge is 2.44. The second-order valence-electron chi connectivity index (χ2n) is 12.2. The lowest BCUT2D eigenvalue weighted by molar-refractivity contribution is 0.0356. The molecule has 0 radical (unpaired) electrons. The Morgan fingerprint density at radius 1 is 0.921 bits per heavy atom. The average molecular weight is 528 g/mol. The number of ether oxygens (including phenoxy) is 1.